The third-order valence-corrected chi connectivity index (χ3v) is 24.9. The van der Waals surface area contributed by atoms with Gasteiger partial charge < -0.3 is 55.8 Å². The molecule has 7 N–H and O–H groups in total. The van der Waals surface area contributed by atoms with Crippen LogP contribution in [0.2, 0.25) is 15.1 Å². The number of rotatable bonds is 42. The number of halogens is 8. The van der Waals surface area contributed by atoms with Gasteiger partial charge >= 0.3 is 29.8 Å². The van der Waals surface area contributed by atoms with Crippen molar-refractivity contribution < 1.29 is 114 Å². The highest BCUT2D eigenvalue weighted by atomic mass is 127. The van der Waals surface area contributed by atoms with Gasteiger partial charge in [-0.05, 0) is 248 Å². The van der Waals surface area contributed by atoms with Crippen LogP contribution in [0, 0.1) is 58.9 Å². The smallest absolute Gasteiger partial charge is 0.328 e. The summed E-state index contributed by atoms with van der Waals surface area (Å²) in [4.78, 5) is 196. The normalized spacial score (nSPS) is 16.8. The van der Waals surface area contributed by atoms with E-state index >= 15 is 0 Å². The molecule has 4 aliphatic carbocycles. The predicted molar refractivity (Wildman–Crippen MR) is 567 cm³/mol. The number of nitrogens with one attached hydrogen (secondary N) is 4. The largest absolute Gasteiger partial charge is 0.478 e. The third-order valence-electron chi connectivity index (χ3n) is 24.2. The van der Waals surface area contributed by atoms with Crippen LogP contribution in [0.4, 0.5) is 13.2 Å². The van der Waals surface area contributed by atoms with Crippen molar-refractivity contribution in [3.8, 4) is 0 Å². The quantitative estimate of drug-likeness (QED) is 0.00517. The molecule has 145 heavy (non-hydrogen) atoms. The molecule has 26 nitrogen and oxygen atoms in total. The number of aldehydes is 1. The monoisotopic (exact) mass is 2290 g/mol. The third kappa shape index (κ3) is 45.1. The first-order valence-electron chi connectivity index (χ1n) is 47.3. The van der Waals surface area contributed by atoms with E-state index in [1.807, 2.05) is 152 Å². The Kier molecular flexibility index (Phi) is 54.0. The number of carbonyl (C=O) groups excluding carboxylic acids is 15. The second kappa shape index (κ2) is 65.1. The lowest BCUT2D eigenvalue weighted by atomic mass is 9.91. The molecule has 4 aliphatic rings. The Labute approximate surface area is 884 Å². The average molecular weight is 2300 g/mol. The molecule has 0 radical (unpaired) electrons. The van der Waals surface area contributed by atoms with Gasteiger partial charge in [0.05, 0.1) is 45.8 Å². The predicted octanol–water partition coefficient (Wildman–Crippen LogP) is 19.2. The van der Waals surface area contributed by atoms with E-state index in [0.717, 1.165) is 90.6 Å². The van der Waals surface area contributed by atoms with Gasteiger partial charge in [-0.25, -0.2) is 32.3 Å². The highest BCUT2D eigenvalue weighted by molar-refractivity contribution is 14.3. The molecule has 12 rings (SSSR count). The van der Waals surface area contributed by atoms with Crippen LogP contribution in [-0.2, 0) is 128 Å². The van der Waals surface area contributed by atoms with E-state index in [2.05, 4.69) is 72.0 Å². The minimum Gasteiger partial charge on any atom is -0.478 e. The van der Waals surface area contributed by atoms with E-state index in [-0.39, 0.29) is 148 Å². The standard InChI is InChI=1S/C28H29ClFNO5.C27H27ClFNO4.C27H31NO6.C18H24N2O4.C9H6ClFO2.CH3I2P/c1-36-28(35)25(16-20-8-5-9-26(20)33)31-27(34)21(14-18-6-3-2-4-7-18)15-23(32)13-11-19-10-12-22(29)17-24(19)30;28-22-11-9-19(25(29)16-22)10-12-24(32)15-21(13-18-5-2-1-3-6-18)27(34)30-23(17-31)14-20-7-4-8-26(20)33;1-33-27(32)23(16-21-13-8-14-24(21)29)28-26(31)22(15-19-9-4-2-5-10-19)17-25(30)34-18-20-11-6-3-7-12-20;1-24-18(23)15(11-13-8-5-9-16(13)21)20-17(22)14(19)10-12-6-3-2-4-7-12;10-7-3-1-6(8(11)5-7)2-4-9(12)13;1-4(2)3/h2-4,6-7,10-13,17,20-21,25H,5,8-9,14-16H2,1H3,(H,31,34);1-3,5-6,9-12,16-17,20-21,23H,4,7-8,13-15H2,(H,30,34);2-7,9-12,21-23H,8,13-18H2,1H3,(H,28,31);2-4,6-7,13-15H,5,8-11,19H2,1H3,(H,20,22);1-5H,(H,12,13);1H3/b13-11+;12-10+;;;4-2+;/t20-,21+,25-;20-,21+,23-;21-,22+,23-;13-,14-,15-;;/m0000../s1. The molecule has 0 heterocycles. The molecular formula is C110H120Cl3F3I2N5O21P. The summed E-state index contributed by atoms with van der Waals surface area (Å²) < 4.78 is 61.2. The summed E-state index contributed by atoms with van der Waals surface area (Å²) in [5.41, 5.74) is 11.0. The SMILES string of the molecule is COC(=O)[C@H](C[C@@H]1CCCC1=O)NC(=O)[C@@H](CC(=O)/C=C/c1ccc(Cl)cc1F)Cc1ccccc1.COC(=O)[C@H](C[C@@H]1CCCC1=O)NC(=O)[C@@H](CC(=O)OCc1ccccc1)Cc1ccccc1.COC(=O)[C@H](C[C@@H]1CCCC1=O)NC(=O)[C@@H](N)Cc1ccccc1.CP(I)I.O=C(O)/C=C/c1ccc(Cl)cc1F.O=C[C@H](C[C@@H]1CCCC1=O)NC(=O)[C@@H](CC(=O)/C=C/c1ccc(Cl)cc1F)Cc1ccccc1. The second-order valence-electron chi connectivity index (χ2n) is 35.1. The number of esters is 4. The maximum Gasteiger partial charge on any atom is 0.328 e. The van der Waals surface area contributed by atoms with Crippen molar-refractivity contribution in [2.75, 3.05) is 28.0 Å². The molecule has 0 spiro atoms. The number of Topliss-reactive ketones (excluding diaryl/α,β-unsaturated/α-hetero) is 4. The van der Waals surface area contributed by atoms with Crippen molar-refractivity contribution in [1.29, 1.82) is 0 Å². The number of carbonyl (C=O) groups is 16. The average Bonchev–Trinajstić information content (AvgIpc) is 1.48. The zero-order chi connectivity index (χ0) is 106. The van der Waals surface area contributed by atoms with Crippen LogP contribution in [0.15, 0.2) is 224 Å². The van der Waals surface area contributed by atoms with Crippen LogP contribution in [0.5, 0.6) is 0 Å². The number of methoxy groups -OCH3 is 3. The van der Waals surface area contributed by atoms with Gasteiger partial charge in [0.15, 0.2) is 11.6 Å². The van der Waals surface area contributed by atoms with Gasteiger partial charge in [0.1, 0.15) is 71.6 Å². The van der Waals surface area contributed by atoms with E-state index < -0.39 is 119 Å². The minimum absolute atomic E-state index is 0.0775. The Morgan fingerprint density at radius 3 is 0.986 bits per heavy atom. The number of hydrogen-bond donors (Lipinski definition) is 6. The topological polar surface area (TPSA) is 404 Å². The molecule has 0 aromatic heterocycles. The molecule has 4 fully saturated rings. The van der Waals surface area contributed by atoms with Crippen molar-refractivity contribution in [3.05, 3.63) is 302 Å². The fourth-order valence-electron chi connectivity index (χ4n) is 16.6. The van der Waals surface area contributed by atoms with Crippen LogP contribution in [0.3, 0.4) is 0 Å². The van der Waals surface area contributed by atoms with Gasteiger partial charge in [-0.1, -0.05) is 205 Å². The number of allylic oxidation sites excluding steroid dienone is 2. The van der Waals surface area contributed by atoms with E-state index in [9.17, 15) is 89.9 Å². The van der Waals surface area contributed by atoms with Gasteiger partial charge in [-0.15, -0.1) is 0 Å². The van der Waals surface area contributed by atoms with E-state index in [1.165, 1.54) is 88.1 Å². The first kappa shape index (κ1) is 120. The second-order valence-corrected chi connectivity index (χ2v) is 51.4. The van der Waals surface area contributed by atoms with Gasteiger partial charge in [0.25, 0.3) is 0 Å². The zero-order valence-electron chi connectivity index (χ0n) is 80.7. The van der Waals surface area contributed by atoms with Crippen molar-refractivity contribution in [3.63, 3.8) is 0 Å². The lowest BCUT2D eigenvalue weighted by molar-refractivity contribution is -0.149. The summed E-state index contributed by atoms with van der Waals surface area (Å²) in [5.74, 6) is -10.3. The molecule has 35 heteroatoms. The maximum absolute atomic E-state index is 14.0. The molecule has 4 saturated carbocycles. The molecule has 0 bridgehead atoms. The Bertz CT molecular complexity index is 5760. The van der Waals surface area contributed by atoms with Crippen LogP contribution in [0.1, 0.15) is 167 Å². The highest BCUT2D eigenvalue weighted by Gasteiger charge is 2.38. The molecule has 4 amide bonds. The van der Waals surface area contributed by atoms with Crippen LogP contribution >= 0.6 is 82.1 Å². The van der Waals surface area contributed by atoms with Crippen molar-refractivity contribution in [2.24, 2.45) is 47.2 Å². The van der Waals surface area contributed by atoms with Crippen molar-refractivity contribution >= 4 is 195 Å². The molecule has 0 aliphatic heterocycles. The fraction of sp³-hybridized carbons (Fsp3) is 0.364. The summed E-state index contributed by atoms with van der Waals surface area (Å²) in [6.07, 6.45) is 17.7. The number of carboxylic acid groups (broad SMARTS) is 1. The van der Waals surface area contributed by atoms with Crippen LogP contribution in [0.25, 0.3) is 18.2 Å². The summed E-state index contributed by atoms with van der Waals surface area (Å²) in [7, 11) is 3.74. The summed E-state index contributed by atoms with van der Waals surface area (Å²) in [6, 6.07) is 54.5. The first-order chi connectivity index (χ1) is 69.4. The summed E-state index contributed by atoms with van der Waals surface area (Å²) in [5, 5.41) is 19.9. The lowest BCUT2D eigenvalue weighted by Crippen LogP contribution is -2.50. The molecule has 8 aromatic rings. The number of ether oxygens (including phenoxy) is 4. The molecule has 8 aromatic carbocycles. The van der Waals surface area contributed by atoms with Crippen LogP contribution < -0.4 is 27.0 Å². The minimum atomic E-state index is -1.12. The number of benzene rings is 8. The number of hydrogen-bond acceptors (Lipinski definition) is 21. The molecular weight excluding hydrogens is 2180 g/mol. The van der Waals surface area contributed by atoms with E-state index in [1.54, 1.807) is 0 Å². The lowest BCUT2D eigenvalue weighted by Gasteiger charge is -2.23. The first-order valence-corrected chi connectivity index (χ1v) is 55.8. The highest BCUT2D eigenvalue weighted by Crippen LogP contribution is 2.49. The Morgan fingerprint density at radius 2 is 0.697 bits per heavy atom. The van der Waals surface area contributed by atoms with Gasteiger partial charge in [-0.2, -0.15) is 0 Å². The zero-order valence-corrected chi connectivity index (χ0v) is 88.2. The number of nitrogens with two attached hydrogens (primary N) is 1. The Morgan fingerprint density at radius 1 is 0.414 bits per heavy atom. The number of amides is 4. The number of aliphatic carboxylic acids is 1. The number of ketones is 6. The fourth-order valence-corrected chi connectivity index (χ4v) is 17.0. The van der Waals surface area contributed by atoms with E-state index in [4.69, 9.17) is 64.6 Å². The molecule has 12 atom stereocenters. The summed E-state index contributed by atoms with van der Waals surface area (Å²) >= 11 is 21.8. The molecule has 0 saturated heterocycles. The Hall–Kier alpha value is -11.6. The molecule has 0 unspecified atom stereocenters. The van der Waals surface area contributed by atoms with Gasteiger partial charge in [0.2, 0.25) is 23.6 Å². The van der Waals surface area contributed by atoms with Gasteiger partial charge in [0, 0.05) is 115 Å². The Balaban J connectivity index is 0.000000250. The van der Waals surface area contributed by atoms with Gasteiger partial charge in [-0.3, -0.25) is 52.7 Å². The van der Waals surface area contributed by atoms with Crippen molar-refractivity contribution in [2.45, 2.75) is 184 Å². The van der Waals surface area contributed by atoms with E-state index in [0.29, 0.717) is 67.3 Å². The number of carboxylic acids is 1. The van der Waals surface area contributed by atoms with Crippen molar-refractivity contribution in [1.82, 2.24) is 21.3 Å². The molecule has 772 valence electrons. The van der Waals surface area contributed by atoms with Crippen LogP contribution in [-0.4, -0.2) is 158 Å². The summed E-state index contributed by atoms with van der Waals surface area (Å²) in [6.45, 7) is 2.32. The maximum atomic E-state index is 14.0.